The van der Waals surface area contributed by atoms with Crippen LogP contribution in [0.1, 0.15) is 81.5 Å². The Labute approximate surface area is 291 Å². The van der Waals surface area contributed by atoms with Crippen molar-refractivity contribution in [2.24, 2.45) is 17.3 Å². The van der Waals surface area contributed by atoms with Crippen LogP contribution >= 0.6 is 0 Å². The summed E-state index contributed by atoms with van der Waals surface area (Å²) in [6.45, 7) is 16.4. The highest BCUT2D eigenvalue weighted by molar-refractivity contribution is 6.74. The van der Waals surface area contributed by atoms with Crippen molar-refractivity contribution >= 4 is 14.3 Å². The Balaban J connectivity index is 1.37. The molecular formula is C42H59NO4Si. The maximum absolute atomic E-state index is 13.2. The second kappa shape index (κ2) is 15.3. The lowest BCUT2D eigenvalue weighted by Gasteiger charge is -2.54. The fourth-order valence-corrected chi connectivity index (χ4v) is 9.33. The second-order valence-corrected chi connectivity index (χ2v) is 21.1. The average molecular weight is 670 g/mol. The van der Waals surface area contributed by atoms with E-state index in [0.717, 1.165) is 50.1 Å². The number of carbonyl (C=O) groups is 1. The van der Waals surface area contributed by atoms with E-state index in [1.807, 2.05) is 24.3 Å². The quantitative estimate of drug-likeness (QED) is 0.134. The molecule has 6 heteroatoms. The second-order valence-electron chi connectivity index (χ2n) is 16.3. The van der Waals surface area contributed by atoms with E-state index in [9.17, 15) is 4.79 Å². The van der Waals surface area contributed by atoms with E-state index >= 15 is 0 Å². The Bertz CT molecular complexity index is 1490. The van der Waals surface area contributed by atoms with Crippen LogP contribution in [0.25, 0.3) is 0 Å². The van der Waals surface area contributed by atoms with Crippen LogP contribution in [0.4, 0.5) is 0 Å². The summed E-state index contributed by atoms with van der Waals surface area (Å²) < 4.78 is 18.4. The molecule has 5 rings (SSSR count). The van der Waals surface area contributed by atoms with Crippen molar-refractivity contribution in [1.82, 2.24) is 4.90 Å². The van der Waals surface area contributed by atoms with Gasteiger partial charge in [-0.25, -0.2) is 0 Å². The first-order chi connectivity index (χ1) is 22.8. The molecule has 0 aliphatic heterocycles. The number of rotatable bonds is 13. The molecule has 1 saturated carbocycles. The van der Waals surface area contributed by atoms with E-state index in [0.29, 0.717) is 30.8 Å². The molecule has 0 saturated heterocycles. The Morgan fingerprint density at radius 3 is 2.29 bits per heavy atom. The lowest BCUT2D eigenvalue weighted by atomic mass is 9.53. The number of hydrogen-bond donors (Lipinski definition) is 0. The molecule has 0 heterocycles. The van der Waals surface area contributed by atoms with Gasteiger partial charge in [0.15, 0.2) is 8.32 Å². The van der Waals surface area contributed by atoms with Gasteiger partial charge >= 0.3 is 5.97 Å². The van der Waals surface area contributed by atoms with Gasteiger partial charge in [-0.2, -0.15) is 0 Å². The summed E-state index contributed by atoms with van der Waals surface area (Å²) >= 11 is 0. The third kappa shape index (κ3) is 8.43. The molecule has 5 atom stereocenters. The zero-order valence-electron chi connectivity index (χ0n) is 30.8. The standard InChI is InChI=1S/C42H59NO4Si/c1-41(2,3)48(7,8)47-26-24-38-37-21-19-33-28-34(46-29-32-17-13-10-14-18-32)20-22-35(33)36(37)23-25-42(38,4)30-43(5)39(40(44)45-6)27-31-15-11-9-12-16-31/h9-18,20,22,28,36-39H,19,21,23-27,29-30H2,1-8H3/t36-,37-,38+,39+,42-/m1/s1. The number of esters is 1. The number of ether oxygens (including phenoxy) is 2. The molecule has 0 N–H and O–H groups in total. The van der Waals surface area contributed by atoms with Crippen LogP contribution in [0, 0.1) is 17.3 Å². The van der Waals surface area contributed by atoms with Crippen LogP contribution in [0.2, 0.25) is 18.1 Å². The zero-order chi connectivity index (χ0) is 34.5. The number of likely N-dealkylation sites (N-methyl/N-ethyl adjacent to an activating group) is 1. The minimum atomic E-state index is -1.87. The molecule has 5 nitrogen and oxygen atoms in total. The molecule has 0 spiro atoms. The van der Waals surface area contributed by atoms with Crippen molar-refractivity contribution in [3.8, 4) is 5.75 Å². The van der Waals surface area contributed by atoms with Crippen molar-refractivity contribution in [3.63, 3.8) is 0 Å². The minimum absolute atomic E-state index is 0.0475. The number of hydrogen-bond acceptors (Lipinski definition) is 5. The predicted octanol–water partition coefficient (Wildman–Crippen LogP) is 9.46. The third-order valence-corrected chi connectivity index (χ3v) is 16.6. The van der Waals surface area contributed by atoms with Gasteiger partial charge in [-0.05, 0) is 121 Å². The van der Waals surface area contributed by atoms with E-state index in [2.05, 4.69) is 107 Å². The van der Waals surface area contributed by atoms with Crippen molar-refractivity contribution in [3.05, 3.63) is 101 Å². The first-order valence-corrected chi connectivity index (χ1v) is 21.0. The molecule has 2 aliphatic carbocycles. The van der Waals surface area contributed by atoms with Crippen LogP contribution in [0.5, 0.6) is 5.75 Å². The molecular weight excluding hydrogens is 611 g/mol. The van der Waals surface area contributed by atoms with Gasteiger partial charge in [0.25, 0.3) is 0 Å². The molecule has 0 radical (unpaired) electrons. The minimum Gasteiger partial charge on any atom is -0.489 e. The van der Waals surface area contributed by atoms with Gasteiger partial charge < -0.3 is 13.9 Å². The van der Waals surface area contributed by atoms with Crippen molar-refractivity contribution in [1.29, 1.82) is 0 Å². The third-order valence-electron chi connectivity index (χ3n) is 12.1. The largest absolute Gasteiger partial charge is 0.489 e. The van der Waals surface area contributed by atoms with Gasteiger partial charge in [0.2, 0.25) is 0 Å². The highest BCUT2D eigenvalue weighted by Gasteiger charge is 2.49. The van der Waals surface area contributed by atoms with E-state index in [-0.39, 0.29) is 22.5 Å². The first kappa shape index (κ1) is 36.4. The Morgan fingerprint density at radius 2 is 1.65 bits per heavy atom. The number of aryl methyl sites for hydroxylation is 1. The summed E-state index contributed by atoms with van der Waals surface area (Å²) in [4.78, 5) is 15.5. The molecule has 0 unspecified atom stereocenters. The molecule has 260 valence electrons. The topological polar surface area (TPSA) is 48.0 Å². The van der Waals surface area contributed by atoms with Crippen molar-refractivity contribution < 1.29 is 18.7 Å². The Morgan fingerprint density at radius 1 is 0.979 bits per heavy atom. The summed E-state index contributed by atoms with van der Waals surface area (Å²) in [6.07, 6.45) is 6.22. The summed E-state index contributed by atoms with van der Waals surface area (Å²) in [7, 11) is 1.76. The van der Waals surface area contributed by atoms with E-state index < -0.39 is 8.32 Å². The van der Waals surface area contributed by atoms with Crippen LogP contribution in [-0.4, -0.2) is 52.5 Å². The fourth-order valence-electron chi connectivity index (χ4n) is 8.27. The van der Waals surface area contributed by atoms with Gasteiger partial charge in [-0.3, -0.25) is 9.69 Å². The first-order valence-electron chi connectivity index (χ1n) is 18.1. The lowest BCUT2D eigenvalue weighted by molar-refractivity contribution is -0.147. The van der Waals surface area contributed by atoms with Crippen LogP contribution in [0.3, 0.4) is 0 Å². The summed E-state index contributed by atoms with van der Waals surface area (Å²) in [5, 5.41) is 0.181. The van der Waals surface area contributed by atoms with Gasteiger partial charge in [-0.15, -0.1) is 0 Å². The van der Waals surface area contributed by atoms with E-state index in [1.54, 1.807) is 0 Å². The molecule has 0 aromatic heterocycles. The van der Waals surface area contributed by atoms with Crippen LogP contribution < -0.4 is 4.74 Å². The molecule has 1 fully saturated rings. The molecule has 3 aromatic carbocycles. The SMILES string of the molecule is COC(=O)[C@H](Cc1ccccc1)N(C)C[C@@]1(C)CC[C@@H]2c3ccc(OCc4ccccc4)cc3CC[C@H]2[C@@H]1CCO[Si](C)(C)C(C)(C)C. The van der Waals surface area contributed by atoms with Gasteiger partial charge in [-0.1, -0.05) is 94.4 Å². The van der Waals surface area contributed by atoms with Gasteiger partial charge in [0, 0.05) is 13.2 Å². The van der Waals surface area contributed by atoms with Gasteiger partial charge in [0.05, 0.1) is 7.11 Å². The highest BCUT2D eigenvalue weighted by Crippen LogP contribution is 2.56. The fraction of sp³-hybridized carbons (Fsp3) is 0.548. The lowest BCUT2D eigenvalue weighted by Crippen LogP contribution is -2.52. The number of methoxy groups -OCH3 is 1. The highest BCUT2D eigenvalue weighted by atomic mass is 28.4. The molecule has 3 aromatic rings. The van der Waals surface area contributed by atoms with Crippen molar-refractivity contribution in [2.75, 3.05) is 27.3 Å². The number of benzene rings is 3. The molecule has 48 heavy (non-hydrogen) atoms. The van der Waals surface area contributed by atoms with Gasteiger partial charge in [0.1, 0.15) is 18.4 Å². The maximum Gasteiger partial charge on any atom is 0.323 e. The smallest absolute Gasteiger partial charge is 0.323 e. The summed E-state index contributed by atoms with van der Waals surface area (Å²) in [5.41, 5.74) is 5.36. The Kier molecular flexibility index (Phi) is 11.6. The number of fused-ring (bicyclic) bond motifs is 3. The van der Waals surface area contributed by atoms with Crippen LogP contribution in [0.15, 0.2) is 78.9 Å². The van der Waals surface area contributed by atoms with Crippen LogP contribution in [-0.2, 0) is 33.4 Å². The molecule has 0 bridgehead atoms. The summed E-state index contributed by atoms with van der Waals surface area (Å²) in [6, 6.07) is 27.3. The maximum atomic E-state index is 13.2. The average Bonchev–Trinajstić information content (AvgIpc) is 3.06. The predicted molar refractivity (Wildman–Crippen MR) is 199 cm³/mol. The number of carbonyl (C=O) groups excluding carboxylic acids is 1. The Hall–Kier alpha value is -2.93. The molecule has 0 amide bonds. The zero-order valence-corrected chi connectivity index (χ0v) is 31.8. The molecule has 2 aliphatic rings. The monoisotopic (exact) mass is 669 g/mol. The van der Waals surface area contributed by atoms with E-state index in [1.165, 1.54) is 30.2 Å². The normalized spacial score (nSPS) is 23.2. The number of nitrogens with zero attached hydrogens (tertiary/aromatic N) is 1. The summed E-state index contributed by atoms with van der Waals surface area (Å²) in [5.74, 6) is 2.40. The van der Waals surface area contributed by atoms with Crippen molar-refractivity contribution in [2.45, 2.75) is 103 Å². The van der Waals surface area contributed by atoms with E-state index in [4.69, 9.17) is 13.9 Å².